The van der Waals surface area contributed by atoms with Crippen molar-refractivity contribution in [1.29, 1.82) is 0 Å². The maximum absolute atomic E-state index is 9.56. The van der Waals surface area contributed by atoms with E-state index in [1.54, 1.807) is 7.11 Å². The van der Waals surface area contributed by atoms with E-state index < -0.39 is 6.10 Å². The van der Waals surface area contributed by atoms with Crippen LogP contribution in [0.15, 0.2) is 12.1 Å². The van der Waals surface area contributed by atoms with E-state index in [-0.39, 0.29) is 6.61 Å². The topological polar surface area (TPSA) is 50.7 Å². The summed E-state index contributed by atoms with van der Waals surface area (Å²) in [5.41, 5.74) is 1.07. The van der Waals surface area contributed by atoms with Crippen molar-refractivity contribution >= 4 is 11.6 Å². The number of methoxy groups -OCH3 is 1. The van der Waals surface area contributed by atoms with Crippen LogP contribution in [0.1, 0.15) is 31.7 Å². The van der Waals surface area contributed by atoms with Crippen LogP contribution in [-0.2, 0) is 6.54 Å². The minimum atomic E-state index is -0.494. The van der Waals surface area contributed by atoms with Crippen LogP contribution in [0.5, 0.6) is 11.5 Å². The Hall–Kier alpha value is -0.970. The van der Waals surface area contributed by atoms with Gasteiger partial charge in [-0.3, -0.25) is 0 Å². The largest absolute Gasteiger partial charge is 0.493 e. The Balaban J connectivity index is 2.05. The van der Waals surface area contributed by atoms with Gasteiger partial charge >= 0.3 is 0 Å². The number of hydrogen-bond acceptors (Lipinski definition) is 4. The van der Waals surface area contributed by atoms with Crippen LogP contribution in [0, 0.1) is 0 Å². The van der Waals surface area contributed by atoms with Gasteiger partial charge < -0.3 is 19.9 Å². The summed E-state index contributed by atoms with van der Waals surface area (Å²) in [6.45, 7) is 2.89. The molecule has 5 heteroatoms. The quantitative estimate of drug-likeness (QED) is 0.775. The highest BCUT2D eigenvalue weighted by Gasteiger charge is 2.20. The van der Waals surface area contributed by atoms with Gasteiger partial charge in [0.25, 0.3) is 0 Å². The highest BCUT2D eigenvalue weighted by atomic mass is 35.5. The Labute approximate surface area is 125 Å². The zero-order chi connectivity index (χ0) is 14.5. The zero-order valence-electron chi connectivity index (χ0n) is 12.0. The van der Waals surface area contributed by atoms with Crippen LogP contribution in [0.2, 0.25) is 5.02 Å². The fraction of sp³-hybridized carbons (Fsp3) is 0.600. The second-order valence-electron chi connectivity index (χ2n) is 5.14. The van der Waals surface area contributed by atoms with E-state index >= 15 is 0 Å². The molecule has 112 valence electrons. The number of aliphatic hydroxyl groups excluding tert-OH is 1. The molecule has 1 fully saturated rings. The molecule has 1 aromatic carbocycles. The first kappa shape index (κ1) is 15.4. The summed E-state index contributed by atoms with van der Waals surface area (Å²) in [5, 5.41) is 13.5. The van der Waals surface area contributed by atoms with Crippen molar-refractivity contribution in [2.24, 2.45) is 0 Å². The molecule has 1 unspecified atom stereocenters. The lowest BCUT2D eigenvalue weighted by Gasteiger charge is -2.16. The van der Waals surface area contributed by atoms with Crippen LogP contribution in [0.4, 0.5) is 0 Å². The third-order valence-electron chi connectivity index (χ3n) is 3.35. The number of ether oxygens (including phenoxy) is 2. The number of benzene rings is 1. The molecule has 1 aliphatic rings. The maximum atomic E-state index is 9.56. The number of aliphatic hydroxyl groups is 1. The first-order valence-electron chi connectivity index (χ1n) is 7.04. The van der Waals surface area contributed by atoms with Crippen molar-refractivity contribution in [3.63, 3.8) is 0 Å². The molecule has 1 saturated carbocycles. The predicted octanol–water partition coefficient (Wildman–Crippen LogP) is 2.75. The molecule has 2 rings (SSSR count). The van der Waals surface area contributed by atoms with Crippen LogP contribution in [0.25, 0.3) is 0 Å². The average Bonchev–Trinajstić information content (AvgIpc) is 3.27. The van der Waals surface area contributed by atoms with E-state index in [1.165, 1.54) is 12.8 Å². The van der Waals surface area contributed by atoms with Crippen molar-refractivity contribution in [3.05, 3.63) is 22.7 Å². The Bertz CT molecular complexity index is 449. The van der Waals surface area contributed by atoms with Crippen molar-refractivity contribution in [2.45, 2.75) is 44.9 Å². The molecule has 0 bridgehead atoms. The molecule has 0 aliphatic heterocycles. The summed E-state index contributed by atoms with van der Waals surface area (Å²) in [6, 6.07) is 4.46. The fourth-order valence-corrected chi connectivity index (χ4v) is 2.15. The van der Waals surface area contributed by atoms with Gasteiger partial charge in [-0.25, -0.2) is 0 Å². The molecule has 0 aromatic heterocycles. The lowest BCUT2D eigenvalue weighted by atomic mass is 10.2. The highest BCUT2D eigenvalue weighted by molar-refractivity contribution is 6.32. The lowest BCUT2D eigenvalue weighted by molar-refractivity contribution is 0.103. The highest BCUT2D eigenvalue weighted by Crippen LogP contribution is 2.36. The van der Waals surface area contributed by atoms with Crippen LogP contribution >= 0.6 is 11.6 Å². The molecule has 2 N–H and O–H groups in total. The summed E-state index contributed by atoms with van der Waals surface area (Å²) in [7, 11) is 1.59. The minimum absolute atomic E-state index is 0.215. The monoisotopic (exact) mass is 299 g/mol. The number of halogens is 1. The number of nitrogens with one attached hydrogen (secondary N) is 1. The molecule has 20 heavy (non-hydrogen) atoms. The average molecular weight is 300 g/mol. The van der Waals surface area contributed by atoms with Gasteiger partial charge in [0.05, 0.1) is 18.2 Å². The van der Waals surface area contributed by atoms with E-state index in [0.717, 1.165) is 12.1 Å². The van der Waals surface area contributed by atoms with Gasteiger partial charge in [-0.2, -0.15) is 0 Å². The molecule has 0 radical (unpaired) electrons. The summed E-state index contributed by atoms with van der Waals surface area (Å²) < 4.78 is 10.9. The predicted molar refractivity (Wildman–Crippen MR) is 79.7 cm³/mol. The fourth-order valence-electron chi connectivity index (χ4n) is 1.86. The SMILES string of the molecule is CCC(O)COc1c(Cl)cc(CNC2CC2)cc1OC. The minimum Gasteiger partial charge on any atom is -0.493 e. The van der Waals surface area contributed by atoms with E-state index in [0.29, 0.717) is 29.0 Å². The van der Waals surface area contributed by atoms with Crippen LogP contribution in [-0.4, -0.2) is 31.0 Å². The first-order chi connectivity index (χ1) is 9.63. The third kappa shape index (κ3) is 4.27. The van der Waals surface area contributed by atoms with Gasteiger partial charge in [0.2, 0.25) is 0 Å². The number of rotatable bonds is 8. The smallest absolute Gasteiger partial charge is 0.179 e. The van der Waals surface area contributed by atoms with Crippen molar-refractivity contribution in [2.75, 3.05) is 13.7 Å². The molecule has 1 aromatic rings. The van der Waals surface area contributed by atoms with Crippen LogP contribution in [0.3, 0.4) is 0 Å². The van der Waals surface area contributed by atoms with Gasteiger partial charge in [0.15, 0.2) is 11.5 Å². The summed E-state index contributed by atoms with van der Waals surface area (Å²) in [5.74, 6) is 1.10. The number of hydrogen-bond donors (Lipinski definition) is 2. The van der Waals surface area contributed by atoms with E-state index in [1.807, 2.05) is 19.1 Å². The standard InChI is InChI=1S/C15H22ClNO3/c1-3-12(18)9-20-15-13(16)6-10(7-14(15)19-2)8-17-11-4-5-11/h6-7,11-12,17-18H,3-5,8-9H2,1-2H3. The van der Waals surface area contributed by atoms with Gasteiger partial charge in [-0.15, -0.1) is 0 Å². The molecule has 1 atom stereocenters. The Morgan fingerprint density at radius 2 is 2.20 bits per heavy atom. The van der Waals surface area contributed by atoms with Crippen LogP contribution < -0.4 is 14.8 Å². The van der Waals surface area contributed by atoms with Gasteiger partial charge in [-0.1, -0.05) is 18.5 Å². The molecule has 0 amide bonds. The Morgan fingerprint density at radius 3 is 2.80 bits per heavy atom. The van der Waals surface area contributed by atoms with Gasteiger partial charge in [0.1, 0.15) is 6.61 Å². The normalized spacial score (nSPS) is 16.0. The van der Waals surface area contributed by atoms with E-state index in [4.69, 9.17) is 21.1 Å². The van der Waals surface area contributed by atoms with Crippen molar-refractivity contribution in [3.8, 4) is 11.5 Å². The maximum Gasteiger partial charge on any atom is 0.179 e. The molecule has 0 saturated heterocycles. The van der Waals surface area contributed by atoms with Crippen molar-refractivity contribution in [1.82, 2.24) is 5.32 Å². The van der Waals surface area contributed by atoms with Gasteiger partial charge in [-0.05, 0) is 37.0 Å². The summed E-state index contributed by atoms with van der Waals surface area (Å²) in [6.07, 6.45) is 2.65. The Morgan fingerprint density at radius 1 is 1.45 bits per heavy atom. The first-order valence-corrected chi connectivity index (χ1v) is 7.42. The third-order valence-corrected chi connectivity index (χ3v) is 3.63. The molecular weight excluding hydrogens is 278 g/mol. The van der Waals surface area contributed by atoms with E-state index in [2.05, 4.69) is 5.32 Å². The second-order valence-corrected chi connectivity index (χ2v) is 5.54. The zero-order valence-corrected chi connectivity index (χ0v) is 12.7. The molecular formula is C15H22ClNO3. The molecule has 0 heterocycles. The van der Waals surface area contributed by atoms with E-state index in [9.17, 15) is 5.11 Å². The second kappa shape index (κ2) is 7.16. The lowest BCUT2D eigenvalue weighted by Crippen LogP contribution is -2.17. The van der Waals surface area contributed by atoms with Gasteiger partial charge in [0, 0.05) is 12.6 Å². The molecule has 0 spiro atoms. The Kier molecular flexibility index (Phi) is 5.52. The summed E-state index contributed by atoms with van der Waals surface area (Å²) >= 11 is 6.26. The molecule has 1 aliphatic carbocycles. The molecule has 4 nitrogen and oxygen atoms in total. The summed E-state index contributed by atoms with van der Waals surface area (Å²) in [4.78, 5) is 0. The van der Waals surface area contributed by atoms with Crippen molar-refractivity contribution < 1.29 is 14.6 Å².